The molecule has 4 nitrogen and oxygen atoms in total. The predicted octanol–water partition coefficient (Wildman–Crippen LogP) is 3.07. The van der Waals surface area contributed by atoms with Crippen LogP contribution in [0.1, 0.15) is 0 Å². The van der Waals surface area contributed by atoms with Gasteiger partial charge in [-0.1, -0.05) is 17.7 Å². The van der Waals surface area contributed by atoms with Crippen LogP contribution in [-0.2, 0) is 0 Å². The van der Waals surface area contributed by atoms with E-state index >= 15 is 0 Å². The number of nitrogens with two attached hydrogens (primary N) is 1. The van der Waals surface area contributed by atoms with Crippen LogP contribution in [0.4, 0.5) is 17.3 Å². The number of ether oxygens (including phenoxy) is 1. The number of methoxy groups -OCH3 is 1. The first-order valence-corrected chi connectivity index (χ1v) is 5.40. The van der Waals surface area contributed by atoms with Crippen molar-refractivity contribution in [2.45, 2.75) is 0 Å². The molecule has 0 spiro atoms. The Morgan fingerprint density at radius 2 is 2.12 bits per heavy atom. The number of halogens is 1. The molecule has 1 aromatic carbocycles. The summed E-state index contributed by atoms with van der Waals surface area (Å²) < 4.78 is 5.13. The van der Waals surface area contributed by atoms with Gasteiger partial charge in [-0.25, -0.2) is 4.98 Å². The summed E-state index contributed by atoms with van der Waals surface area (Å²) in [6, 6.07) is 10.7. The smallest absolute Gasteiger partial charge is 0.132 e. The number of benzene rings is 1. The number of rotatable bonds is 3. The number of anilines is 3. The predicted molar refractivity (Wildman–Crippen MR) is 69.9 cm³/mol. The molecular weight excluding hydrogens is 238 g/mol. The molecule has 17 heavy (non-hydrogen) atoms. The molecule has 0 fully saturated rings. The van der Waals surface area contributed by atoms with Crippen molar-refractivity contribution in [3.8, 4) is 5.75 Å². The molecular formula is C12H12ClN3O. The zero-order chi connectivity index (χ0) is 12.3. The monoisotopic (exact) mass is 249 g/mol. The van der Waals surface area contributed by atoms with E-state index in [-0.39, 0.29) is 0 Å². The number of aromatic nitrogens is 1. The maximum atomic E-state index is 6.07. The van der Waals surface area contributed by atoms with Gasteiger partial charge in [-0.3, -0.25) is 0 Å². The van der Waals surface area contributed by atoms with Gasteiger partial charge in [0, 0.05) is 6.07 Å². The molecule has 0 unspecified atom stereocenters. The molecule has 0 saturated heterocycles. The quantitative estimate of drug-likeness (QED) is 0.878. The van der Waals surface area contributed by atoms with E-state index in [0.29, 0.717) is 16.7 Å². The van der Waals surface area contributed by atoms with Crippen LogP contribution in [0.5, 0.6) is 5.75 Å². The van der Waals surface area contributed by atoms with Crippen LogP contribution in [0, 0.1) is 0 Å². The lowest BCUT2D eigenvalue weighted by molar-refractivity contribution is 0.415. The zero-order valence-corrected chi connectivity index (χ0v) is 10.0. The maximum absolute atomic E-state index is 6.07. The SMILES string of the molecule is COc1ccc(Cl)c(Nc2cccc(N)n2)c1. The third kappa shape index (κ3) is 2.79. The fourth-order valence-electron chi connectivity index (χ4n) is 1.39. The van der Waals surface area contributed by atoms with Crippen LogP contribution in [0.3, 0.4) is 0 Å². The average molecular weight is 250 g/mol. The summed E-state index contributed by atoms with van der Waals surface area (Å²) in [5.74, 6) is 1.81. The highest BCUT2D eigenvalue weighted by Gasteiger charge is 2.03. The van der Waals surface area contributed by atoms with Crippen LogP contribution in [-0.4, -0.2) is 12.1 Å². The number of nitrogens with zero attached hydrogens (tertiary/aromatic N) is 1. The fraction of sp³-hybridized carbons (Fsp3) is 0.0833. The fourth-order valence-corrected chi connectivity index (χ4v) is 1.55. The van der Waals surface area contributed by atoms with Gasteiger partial charge in [-0.05, 0) is 24.3 Å². The topological polar surface area (TPSA) is 60.2 Å². The zero-order valence-electron chi connectivity index (χ0n) is 9.27. The highest BCUT2D eigenvalue weighted by Crippen LogP contribution is 2.28. The molecule has 1 heterocycles. The Labute approximate surface area is 104 Å². The number of nitrogen functional groups attached to an aromatic ring is 1. The summed E-state index contributed by atoms with van der Waals surface area (Å²) in [6.45, 7) is 0. The molecule has 0 aliphatic heterocycles. The molecule has 2 aromatic rings. The van der Waals surface area contributed by atoms with Crippen LogP contribution in [0.2, 0.25) is 5.02 Å². The third-order valence-electron chi connectivity index (χ3n) is 2.21. The minimum absolute atomic E-state index is 0.453. The maximum Gasteiger partial charge on any atom is 0.132 e. The normalized spacial score (nSPS) is 10.0. The Bertz CT molecular complexity index is 531. The van der Waals surface area contributed by atoms with Crippen LogP contribution in [0.25, 0.3) is 0 Å². The number of hydrogen-bond acceptors (Lipinski definition) is 4. The van der Waals surface area contributed by atoms with Crippen molar-refractivity contribution in [1.82, 2.24) is 4.98 Å². The standard InChI is InChI=1S/C12H12ClN3O/c1-17-8-5-6-9(13)10(7-8)15-12-4-2-3-11(14)16-12/h2-7H,1H3,(H3,14,15,16). The van der Waals surface area contributed by atoms with Crippen molar-refractivity contribution in [2.75, 3.05) is 18.2 Å². The van der Waals surface area contributed by atoms with Gasteiger partial charge in [0.05, 0.1) is 17.8 Å². The Morgan fingerprint density at radius 1 is 1.29 bits per heavy atom. The second-order valence-electron chi connectivity index (χ2n) is 3.42. The molecule has 0 saturated carbocycles. The average Bonchev–Trinajstić information content (AvgIpc) is 2.32. The van der Waals surface area contributed by atoms with Gasteiger partial charge in [0.25, 0.3) is 0 Å². The van der Waals surface area contributed by atoms with Crippen LogP contribution in [0.15, 0.2) is 36.4 Å². The first-order chi connectivity index (χ1) is 8.19. The van der Waals surface area contributed by atoms with Gasteiger partial charge in [-0.2, -0.15) is 0 Å². The summed E-state index contributed by atoms with van der Waals surface area (Å²) in [7, 11) is 1.60. The molecule has 3 N–H and O–H groups in total. The van der Waals surface area contributed by atoms with Crippen LogP contribution >= 0.6 is 11.6 Å². The van der Waals surface area contributed by atoms with Crippen molar-refractivity contribution >= 4 is 28.9 Å². The first-order valence-electron chi connectivity index (χ1n) is 5.02. The lowest BCUT2D eigenvalue weighted by Gasteiger charge is -2.09. The van der Waals surface area contributed by atoms with Crippen molar-refractivity contribution < 1.29 is 4.74 Å². The van der Waals surface area contributed by atoms with E-state index in [0.717, 1.165) is 11.4 Å². The highest BCUT2D eigenvalue weighted by molar-refractivity contribution is 6.33. The minimum atomic E-state index is 0.453. The highest BCUT2D eigenvalue weighted by atomic mass is 35.5. The summed E-state index contributed by atoms with van der Waals surface area (Å²) in [5, 5.41) is 3.68. The molecule has 5 heteroatoms. The van der Waals surface area contributed by atoms with E-state index < -0.39 is 0 Å². The van der Waals surface area contributed by atoms with E-state index in [2.05, 4.69) is 10.3 Å². The molecule has 0 aliphatic rings. The van der Waals surface area contributed by atoms with E-state index in [9.17, 15) is 0 Å². The first kappa shape index (κ1) is 11.5. The van der Waals surface area contributed by atoms with Gasteiger partial charge in [0.1, 0.15) is 17.4 Å². The second kappa shape index (κ2) is 4.93. The van der Waals surface area contributed by atoms with Crippen molar-refractivity contribution in [2.24, 2.45) is 0 Å². The Kier molecular flexibility index (Phi) is 3.35. The minimum Gasteiger partial charge on any atom is -0.497 e. The Balaban J connectivity index is 2.29. The van der Waals surface area contributed by atoms with E-state index in [1.54, 1.807) is 31.4 Å². The van der Waals surface area contributed by atoms with Gasteiger partial charge in [-0.15, -0.1) is 0 Å². The molecule has 0 radical (unpaired) electrons. The van der Waals surface area contributed by atoms with E-state index in [1.807, 2.05) is 12.1 Å². The van der Waals surface area contributed by atoms with Gasteiger partial charge in [0.15, 0.2) is 0 Å². The Morgan fingerprint density at radius 3 is 2.82 bits per heavy atom. The largest absolute Gasteiger partial charge is 0.497 e. The van der Waals surface area contributed by atoms with Crippen molar-refractivity contribution in [3.63, 3.8) is 0 Å². The molecule has 1 aromatic heterocycles. The van der Waals surface area contributed by atoms with Gasteiger partial charge >= 0.3 is 0 Å². The lowest BCUT2D eigenvalue weighted by atomic mass is 10.3. The molecule has 88 valence electrons. The van der Waals surface area contributed by atoms with E-state index in [4.69, 9.17) is 22.1 Å². The van der Waals surface area contributed by atoms with E-state index in [1.165, 1.54) is 0 Å². The summed E-state index contributed by atoms with van der Waals surface area (Å²) >= 11 is 6.07. The Hall–Kier alpha value is -1.94. The van der Waals surface area contributed by atoms with Gasteiger partial charge < -0.3 is 15.8 Å². The van der Waals surface area contributed by atoms with Crippen LogP contribution < -0.4 is 15.8 Å². The third-order valence-corrected chi connectivity index (χ3v) is 2.54. The number of nitrogens with one attached hydrogen (secondary N) is 1. The molecule has 2 rings (SSSR count). The number of pyridine rings is 1. The summed E-state index contributed by atoms with van der Waals surface area (Å²) in [6.07, 6.45) is 0. The second-order valence-corrected chi connectivity index (χ2v) is 3.83. The van der Waals surface area contributed by atoms with Crippen molar-refractivity contribution in [1.29, 1.82) is 0 Å². The summed E-state index contributed by atoms with van der Waals surface area (Å²) in [4.78, 5) is 4.13. The molecule has 0 aliphatic carbocycles. The van der Waals surface area contributed by atoms with Gasteiger partial charge in [0.2, 0.25) is 0 Å². The van der Waals surface area contributed by atoms with Crippen molar-refractivity contribution in [3.05, 3.63) is 41.4 Å². The number of hydrogen-bond donors (Lipinski definition) is 2. The molecule has 0 atom stereocenters. The summed E-state index contributed by atoms with van der Waals surface area (Å²) in [5.41, 5.74) is 6.32. The molecule has 0 bridgehead atoms. The molecule has 0 amide bonds. The lowest BCUT2D eigenvalue weighted by Crippen LogP contribution is -1.97.